The second-order valence-electron chi connectivity index (χ2n) is 5.68. The number of nitrogens with one attached hydrogen (secondary N) is 2. The third kappa shape index (κ3) is 3.24. The van der Waals surface area contributed by atoms with Crippen LogP contribution < -0.4 is 15.4 Å². The molecule has 2 N–H and O–H groups in total. The summed E-state index contributed by atoms with van der Waals surface area (Å²) in [5, 5.41) is 7.04. The standard InChI is InChI=1S/C15H24N2O/c1-15(2,11-17-13-8-9-16-10-13)12-4-6-14(18-3)7-5-12/h4-7,13,16-17H,8-11H2,1-3H3. The molecule has 2 rings (SSSR count). The molecule has 3 heteroatoms. The Balaban J connectivity index is 1.95. The van der Waals surface area contributed by atoms with Gasteiger partial charge >= 0.3 is 0 Å². The first-order valence-corrected chi connectivity index (χ1v) is 6.70. The van der Waals surface area contributed by atoms with Crippen LogP contribution in [0.25, 0.3) is 0 Å². The smallest absolute Gasteiger partial charge is 0.118 e. The van der Waals surface area contributed by atoms with E-state index in [1.54, 1.807) is 7.11 Å². The van der Waals surface area contributed by atoms with Crippen LogP contribution in [-0.2, 0) is 5.41 Å². The van der Waals surface area contributed by atoms with Crippen LogP contribution in [-0.4, -0.2) is 32.8 Å². The van der Waals surface area contributed by atoms with Gasteiger partial charge in [-0.1, -0.05) is 26.0 Å². The van der Waals surface area contributed by atoms with Crippen LogP contribution in [0.15, 0.2) is 24.3 Å². The first-order valence-electron chi connectivity index (χ1n) is 6.70. The average molecular weight is 248 g/mol. The van der Waals surface area contributed by atoms with E-state index in [1.165, 1.54) is 12.0 Å². The normalized spacial score (nSPS) is 20.1. The predicted octanol–water partition coefficient (Wildman–Crippen LogP) is 1.92. The number of hydrogen-bond acceptors (Lipinski definition) is 3. The summed E-state index contributed by atoms with van der Waals surface area (Å²) in [7, 11) is 1.70. The van der Waals surface area contributed by atoms with Gasteiger partial charge in [0, 0.05) is 24.5 Å². The molecule has 3 nitrogen and oxygen atoms in total. The molecule has 0 aliphatic carbocycles. The van der Waals surface area contributed by atoms with E-state index in [0.29, 0.717) is 6.04 Å². The SMILES string of the molecule is COc1ccc(C(C)(C)CNC2CCNC2)cc1. The number of rotatable bonds is 5. The zero-order valence-corrected chi connectivity index (χ0v) is 11.6. The van der Waals surface area contributed by atoms with Crippen LogP contribution in [0, 0.1) is 0 Å². The third-order valence-corrected chi connectivity index (χ3v) is 3.76. The maximum atomic E-state index is 5.20. The van der Waals surface area contributed by atoms with Crippen molar-refractivity contribution in [2.24, 2.45) is 0 Å². The quantitative estimate of drug-likeness (QED) is 0.835. The van der Waals surface area contributed by atoms with Crippen molar-refractivity contribution in [2.45, 2.75) is 31.7 Å². The van der Waals surface area contributed by atoms with Crippen LogP contribution in [0.2, 0.25) is 0 Å². The van der Waals surface area contributed by atoms with Gasteiger partial charge < -0.3 is 15.4 Å². The molecule has 0 aromatic heterocycles. The van der Waals surface area contributed by atoms with Crippen LogP contribution in [0.3, 0.4) is 0 Å². The third-order valence-electron chi connectivity index (χ3n) is 3.76. The molecule has 1 aliphatic heterocycles. The highest BCUT2D eigenvalue weighted by Gasteiger charge is 2.23. The molecule has 1 heterocycles. The topological polar surface area (TPSA) is 33.3 Å². The van der Waals surface area contributed by atoms with Gasteiger partial charge in [-0.05, 0) is 30.7 Å². The lowest BCUT2D eigenvalue weighted by atomic mass is 9.84. The van der Waals surface area contributed by atoms with E-state index >= 15 is 0 Å². The zero-order chi connectivity index (χ0) is 13.0. The van der Waals surface area contributed by atoms with Crippen LogP contribution in [0.5, 0.6) is 5.75 Å². The van der Waals surface area contributed by atoms with Crippen molar-refractivity contribution in [3.05, 3.63) is 29.8 Å². The van der Waals surface area contributed by atoms with Gasteiger partial charge in [0.1, 0.15) is 5.75 Å². The highest BCUT2D eigenvalue weighted by molar-refractivity contribution is 5.31. The summed E-state index contributed by atoms with van der Waals surface area (Å²) in [6, 6.07) is 9.02. The Hall–Kier alpha value is -1.06. The molecule has 18 heavy (non-hydrogen) atoms. The number of methoxy groups -OCH3 is 1. The highest BCUT2D eigenvalue weighted by Crippen LogP contribution is 2.24. The van der Waals surface area contributed by atoms with Crippen LogP contribution in [0.1, 0.15) is 25.8 Å². The molecule has 0 bridgehead atoms. The summed E-state index contributed by atoms with van der Waals surface area (Å²) in [5.41, 5.74) is 1.50. The van der Waals surface area contributed by atoms with E-state index < -0.39 is 0 Å². The second-order valence-corrected chi connectivity index (χ2v) is 5.68. The molecule has 1 fully saturated rings. The summed E-state index contributed by atoms with van der Waals surface area (Å²) in [6.07, 6.45) is 1.23. The summed E-state index contributed by atoms with van der Waals surface area (Å²) >= 11 is 0. The molecule has 0 radical (unpaired) electrons. The van der Waals surface area contributed by atoms with Crippen LogP contribution in [0.4, 0.5) is 0 Å². The van der Waals surface area contributed by atoms with Crippen LogP contribution >= 0.6 is 0 Å². The molecular formula is C15H24N2O. The largest absolute Gasteiger partial charge is 0.497 e. The Morgan fingerprint density at radius 3 is 2.61 bits per heavy atom. The number of ether oxygens (including phenoxy) is 1. The monoisotopic (exact) mass is 248 g/mol. The Bertz CT molecular complexity index is 367. The molecule has 1 aliphatic rings. The van der Waals surface area contributed by atoms with E-state index in [-0.39, 0.29) is 5.41 Å². The highest BCUT2D eigenvalue weighted by atomic mass is 16.5. The van der Waals surface area contributed by atoms with Crippen molar-refractivity contribution in [2.75, 3.05) is 26.7 Å². The minimum Gasteiger partial charge on any atom is -0.497 e. The molecule has 100 valence electrons. The Morgan fingerprint density at radius 1 is 1.33 bits per heavy atom. The molecule has 0 spiro atoms. The van der Waals surface area contributed by atoms with Crippen molar-refractivity contribution < 1.29 is 4.74 Å². The summed E-state index contributed by atoms with van der Waals surface area (Å²) in [5.74, 6) is 0.919. The first kappa shape index (κ1) is 13.4. The Morgan fingerprint density at radius 2 is 2.06 bits per heavy atom. The van der Waals surface area contributed by atoms with Gasteiger partial charge in [0.05, 0.1) is 7.11 Å². The van der Waals surface area contributed by atoms with Gasteiger partial charge in [0.2, 0.25) is 0 Å². The number of hydrogen-bond donors (Lipinski definition) is 2. The Labute approximate surface area is 110 Å². The fourth-order valence-corrected chi connectivity index (χ4v) is 2.37. The molecular weight excluding hydrogens is 224 g/mol. The van der Waals surface area contributed by atoms with Gasteiger partial charge in [0.15, 0.2) is 0 Å². The maximum absolute atomic E-state index is 5.20. The van der Waals surface area contributed by atoms with Crippen molar-refractivity contribution in [1.29, 1.82) is 0 Å². The van der Waals surface area contributed by atoms with Gasteiger partial charge in [-0.2, -0.15) is 0 Å². The van der Waals surface area contributed by atoms with Crippen molar-refractivity contribution in [3.8, 4) is 5.75 Å². The molecule has 1 saturated heterocycles. The minimum atomic E-state index is 0.148. The lowest BCUT2D eigenvalue weighted by molar-refractivity contribution is 0.411. The molecule has 0 amide bonds. The van der Waals surface area contributed by atoms with Crippen molar-refractivity contribution in [1.82, 2.24) is 10.6 Å². The minimum absolute atomic E-state index is 0.148. The van der Waals surface area contributed by atoms with E-state index in [1.807, 2.05) is 12.1 Å². The van der Waals surface area contributed by atoms with E-state index in [2.05, 4.69) is 36.6 Å². The fourth-order valence-electron chi connectivity index (χ4n) is 2.37. The molecule has 1 aromatic rings. The van der Waals surface area contributed by atoms with Gasteiger partial charge in [-0.15, -0.1) is 0 Å². The molecule has 1 unspecified atom stereocenters. The van der Waals surface area contributed by atoms with E-state index in [4.69, 9.17) is 4.74 Å². The summed E-state index contributed by atoms with van der Waals surface area (Å²) < 4.78 is 5.20. The molecule has 1 aromatic carbocycles. The lowest BCUT2D eigenvalue weighted by Gasteiger charge is -2.27. The van der Waals surface area contributed by atoms with E-state index in [0.717, 1.165) is 25.4 Å². The van der Waals surface area contributed by atoms with Gasteiger partial charge in [-0.3, -0.25) is 0 Å². The summed E-state index contributed by atoms with van der Waals surface area (Å²) in [6.45, 7) is 7.80. The van der Waals surface area contributed by atoms with E-state index in [9.17, 15) is 0 Å². The molecule has 0 saturated carbocycles. The molecule has 1 atom stereocenters. The lowest BCUT2D eigenvalue weighted by Crippen LogP contribution is -2.40. The fraction of sp³-hybridized carbons (Fsp3) is 0.600. The number of benzene rings is 1. The summed E-state index contributed by atoms with van der Waals surface area (Å²) in [4.78, 5) is 0. The second kappa shape index (κ2) is 5.72. The van der Waals surface area contributed by atoms with Gasteiger partial charge in [0.25, 0.3) is 0 Å². The van der Waals surface area contributed by atoms with Crippen molar-refractivity contribution >= 4 is 0 Å². The predicted molar refractivity (Wildman–Crippen MR) is 75.3 cm³/mol. The average Bonchev–Trinajstić information content (AvgIpc) is 2.90. The Kier molecular flexibility index (Phi) is 4.25. The zero-order valence-electron chi connectivity index (χ0n) is 11.6. The first-order chi connectivity index (χ1) is 8.62. The maximum Gasteiger partial charge on any atom is 0.118 e. The van der Waals surface area contributed by atoms with Gasteiger partial charge in [-0.25, -0.2) is 0 Å². The van der Waals surface area contributed by atoms with Crippen molar-refractivity contribution in [3.63, 3.8) is 0 Å².